The molecule has 5 nitrogen and oxygen atoms in total. The maximum atomic E-state index is 12.1. The smallest absolute Gasteiger partial charge is 0.387 e. The molecule has 0 radical (unpaired) electrons. The molecule has 1 heterocycles. The summed E-state index contributed by atoms with van der Waals surface area (Å²) < 4.78 is 33.6. The predicted molar refractivity (Wildman–Crippen MR) is 84.8 cm³/mol. The lowest BCUT2D eigenvalue weighted by Crippen LogP contribution is -2.06. The summed E-state index contributed by atoms with van der Waals surface area (Å²) in [5.41, 5.74) is 1.76. The van der Waals surface area contributed by atoms with Crippen LogP contribution in [0.1, 0.15) is 16.7 Å². The molecule has 7 heteroatoms. The highest BCUT2D eigenvalue weighted by atomic mass is 19.3. The Morgan fingerprint density at radius 2 is 1.80 bits per heavy atom. The molecule has 124 valence electrons. The summed E-state index contributed by atoms with van der Waals surface area (Å²) in [7, 11) is 0. The van der Waals surface area contributed by atoms with E-state index in [2.05, 4.69) is 9.73 Å². The normalized spacial score (nSPS) is 15.0. The molecule has 0 atom stereocenters. The Labute approximate surface area is 141 Å². The number of halogens is 2. The third kappa shape index (κ3) is 3.87. The monoisotopic (exact) mass is 340 g/mol. The van der Waals surface area contributed by atoms with E-state index < -0.39 is 12.6 Å². The molecular formula is C18H10F2N2O3. The largest absolute Gasteiger partial charge is 0.435 e. The van der Waals surface area contributed by atoms with Gasteiger partial charge in [-0.2, -0.15) is 14.0 Å². The van der Waals surface area contributed by atoms with Crippen molar-refractivity contribution in [1.29, 1.82) is 5.26 Å². The van der Waals surface area contributed by atoms with E-state index in [0.29, 0.717) is 16.7 Å². The highest BCUT2D eigenvalue weighted by Gasteiger charge is 2.24. The van der Waals surface area contributed by atoms with Gasteiger partial charge in [-0.1, -0.05) is 12.1 Å². The van der Waals surface area contributed by atoms with Crippen LogP contribution in [0.25, 0.3) is 6.08 Å². The number of nitrogens with zero attached hydrogens (tertiary/aromatic N) is 2. The molecule has 0 aliphatic carbocycles. The minimum atomic E-state index is -2.91. The number of rotatable bonds is 4. The first-order valence-electron chi connectivity index (χ1n) is 7.13. The molecule has 1 aliphatic rings. The second-order valence-electron chi connectivity index (χ2n) is 4.97. The van der Waals surface area contributed by atoms with Crippen LogP contribution in [0.15, 0.2) is 59.2 Å². The molecule has 0 N–H and O–H groups in total. The number of cyclic esters (lactones) is 1. The van der Waals surface area contributed by atoms with Crippen LogP contribution >= 0.6 is 0 Å². The molecular weight excluding hydrogens is 330 g/mol. The molecule has 3 rings (SSSR count). The average Bonchev–Trinajstić information content (AvgIpc) is 2.96. The van der Waals surface area contributed by atoms with Gasteiger partial charge in [0.05, 0.1) is 11.6 Å². The van der Waals surface area contributed by atoms with Crippen LogP contribution in [0, 0.1) is 11.3 Å². The van der Waals surface area contributed by atoms with Crippen molar-refractivity contribution >= 4 is 17.9 Å². The number of hydrogen-bond donors (Lipinski definition) is 0. The number of benzene rings is 2. The summed E-state index contributed by atoms with van der Waals surface area (Å²) in [6, 6.07) is 14.2. The van der Waals surface area contributed by atoms with Crippen molar-refractivity contribution in [3.63, 3.8) is 0 Å². The number of aliphatic imine (C=N–C) groups is 1. The van der Waals surface area contributed by atoms with E-state index in [1.165, 1.54) is 30.3 Å². The van der Waals surface area contributed by atoms with Gasteiger partial charge in [0.15, 0.2) is 5.70 Å². The van der Waals surface area contributed by atoms with Gasteiger partial charge in [-0.25, -0.2) is 9.79 Å². The highest BCUT2D eigenvalue weighted by molar-refractivity contribution is 6.12. The van der Waals surface area contributed by atoms with Gasteiger partial charge in [0.25, 0.3) is 0 Å². The Bertz CT molecular complexity index is 895. The fourth-order valence-corrected chi connectivity index (χ4v) is 2.12. The molecule has 0 unspecified atom stereocenters. The molecule has 0 saturated heterocycles. The third-order valence-corrected chi connectivity index (χ3v) is 3.29. The summed E-state index contributed by atoms with van der Waals surface area (Å²) in [5, 5.41) is 8.77. The molecule has 0 bridgehead atoms. The molecule has 2 aromatic rings. The van der Waals surface area contributed by atoms with Gasteiger partial charge >= 0.3 is 12.6 Å². The summed E-state index contributed by atoms with van der Waals surface area (Å²) in [4.78, 5) is 16.0. The van der Waals surface area contributed by atoms with Crippen LogP contribution in [-0.4, -0.2) is 18.5 Å². The van der Waals surface area contributed by atoms with Crippen LogP contribution in [-0.2, 0) is 9.53 Å². The van der Waals surface area contributed by atoms with Crippen molar-refractivity contribution in [3.05, 3.63) is 70.9 Å². The Kier molecular flexibility index (Phi) is 4.53. The number of nitriles is 1. The van der Waals surface area contributed by atoms with Gasteiger partial charge in [0.1, 0.15) is 5.75 Å². The molecule has 0 fully saturated rings. The van der Waals surface area contributed by atoms with E-state index >= 15 is 0 Å². The standard InChI is InChI=1S/C18H10F2N2O3/c19-18(20)24-14-7-5-13(6-8-14)16-22-15(17(23)25-16)9-11-1-3-12(10-21)4-2-11/h1-9,18H/b15-9+. The van der Waals surface area contributed by atoms with Crippen molar-refractivity contribution in [2.75, 3.05) is 0 Å². The molecule has 1 aliphatic heterocycles. The zero-order valence-corrected chi connectivity index (χ0v) is 12.6. The van der Waals surface area contributed by atoms with Crippen LogP contribution in [0.5, 0.6) is 5.75 Å². The molecule has 25 heavy (non-hydrogen) atoms. The molecule has 2 aromatic carbocycles. The van der Waals surface area contributed by atoms with E-state index in [4.69, 9.17) is 10.00 Å². The summed E-state index contributed by atoms with van der Waals surface area (Å²) in [6.45, 7) is -2.91. The fourth-order valence-electron chi connectivity index (χ4n) is 2.12. The quantitative estimate of drug-likeness (QED) is 0.631. The van der Waals surface area contributed by atoms with Gasteiger partial charge in [-0.3, -0.25) is 0 Å². The molecule has 0 spiro atoms. The van der Waals surface area contributed by atoms with E-state index in [1.807, 2.05) is 6.07 Å². The van der Waals surface area contributed by atoms with Crippen molar-refractivity contribution < 1.29 is 23.0 Å². The van der Waals surface area contributed by atoms with Gasteiger partial charge in [0, 0.05) is 5.56 Å². The average molecular weight is 340 g/mol. The Morgan fingerprint density at radius 1 is 1.12 bits per heavy atom. The Morgan fingerprint density at radius 3 is 2.40 bits per heavy atom. The van der Waals surface area contributed by atoms with Crippen LogP contribution in [0.3, 0.4) is 0 Å². The Balaban J connectivity index is 1.82. The summed E-state index contributed by atoms with van der Waals surface area (Å²) >= 11 is 0. The maximum Gasteiger partial charge on any atom is 0.387 e. The lowest BCUT2D eigenvalue weighted by atomic mass is 10.1. The van der Waals surface area contributed by atoms with Gasteiger partial charge in [0.2, 0.25) is 5.90 Å². The van der Waals surface area contributed by atoms with Crippen LogP contribution in [0.2, 0.25) is 0 Å². The zero-order valence-electron chi connectivity index (χ0n) is 12.6. The first kappa shape index (κ1) is 16.3. The third-order valence-electron chi connectivity index (χ3n) is 3.29. The van der Waals surface area contributed by atoms with Crippen LogP contribution < -0.4 is 4.74 Å². The lowest BCUT2D eigenvalue weighted by Gasteiger charge is -2.04. The van der Waals surface area contributed by atoms with Crippen molar-refractivity contribution in [1.82, 2.24) is 0 Å². The first-order valence-corrected chi connectivity index (χ1v) is 7.13. The second kappa shape index (κ2) is 6.93. The van der Waals surface area contributed by atoms with E-state index in [9.17, 15) is 13.6 Å². The maximum absolute atomic E-state index is 12.1. The molecule has 0 saturated carbocycles. The number of hydrogen-bond acceptors (Lipinski definition) is 5. The minimum absolute atomic E-state index is 0.00276. The van der Waals surface area contributed by atoms with Gasteiger partial charge in [-0.05, 0) is 48.0 Å². The SMILES string of the molecule is N#Cc1ccc(/C=C2/N=C(c3ccc(OC(F)F)cc3)OC2=O)cc1. The van der Waals surface area contributed by atoms with Gasteiger partial charge in [-0.15, -0.1) is 0 Å². The van der Waals surface area contributed by atoms with Crippen molar-refractivity contribution in [2.24, 2.45) is 4.99 Å². The first-order chi connectivity index (χ1) is 12.0. The molecule has 0 aromatic heterocycles. The van der Waals surface area contributed by atoms with Crippen molar-refractivity contribution in [2.45, 2.75) is 6.61 Å². The Hall–Kier alpha value is -3.53. The van der Waals surface area contributed by atoms with E-state index in [0.717, 1.165) is 0 Å². The second-order valence-corrected chi connectivity index (χ2v) is 4.97. The number of esters is 1. The summed E-state index contributed by atoms with van der Waals surface area (Å²) in [5.74, 6) is -0.544. The highest BCUT2D eigenvalue weighted by Crippen LogP contribution is 2.21. The van der Waals surface area contributed by atoms with E-state index in [1.54, 1.807) is 24.3 Å². The minimum Gasteiger partial charge on any atom is -0.435 e. The number of ether oxygens (including phenoxy) is 2. The topological polar surface area (TPSA) is 71.7 Å². The van der Waals surface area contributed by atoms with Gasteiger partial charge < -0.3 is 9.47 Å². The number of carbonyl (C=O) groups is 1. The van der Waals surface area contributed by atoms with E-state index in [-0.39, 0.29) is 17.3 Å². The van der Waals surface area contributed by atoms with Crippen molar-refractivity contribution in [3.8, 4) is 11.8 Å². The summed E-state index contributed by atoms with van der Waals surface area (Å²) in [6.07, 6.45) is 1.53. The predicted octanol–water partition coefficient (Wildman–Crippen LogP) is 3.50. The fraction of sp³-hybridized carbons (Fsp3) is 0.0556. The lowest BCUT2D eigenvalue weighted by molar-refractivity contribution is -0.129. The number of carbonyl (C=O) groups excluding carboxylic acids is 1. The van der Waals surface area contributed by atoms with Crippen LogP contribution in [0.4, 0.5) is 8.78 Å². The zero-order chi connectivity index (χ0) is 17.8. The molecule has 0 amide bonds. The number of alkyl halides is 2.